The van der Waals surface area contributed by atoms with Crippen molar-refractivity contribution in [2.24, 2.45) is 5.92 Å². The van der Waals surface area contributed by atoms with Crippen molar-refractivity contribution >= 4 is 17.9 Å². The Balaban J connectivity index is 0.000000122. The summed E-state index contributed by atoms with van der Waals surface area (Å²) in [5.74, 6) is -4.70. The van der Waals surface area contributed by atoms with Gasteiger partial charge >= 0.3 is 12.1 Å². The summed E-state index contributed by atoms with van der Waals surface area (Å²) in [5.41, 5.74) is 7.49. The Morgan fingerprint density at radius 2 is 1.02 bits per heavy atom. The van der Waals surface area contributed by atoms with Crippen LogP contribution < -0.4 is 15.3 Å². The Bertz CT molecular complexity index is 2400. The number of aliphatic carboxylic acids is 2. The number of rotatable bonds is 3. The Morgan fingerprint density at radius 1 is 0.607 bits per heavy atom. The van der Waals surface area contributed by atoms with Gasteiger partial charge in [-0.2, -0.15) is 13.2 Å². The quantitative estimate of drug-likeness (QED) is 0.231. The van der Waals surface area contributed by atoms with Crippen molar-refractivity contribution in [3.63, 3.8) is 0 Å². The number of halogens is 3. The van der Waals surface area contributed by atoms with Crippen LogP contribution in [0.4, 0.5) is 13.2 Å². The molecule has 1 unspecified atom stereocenters. The Hall–Kier alpha value is -6.68. The van der Waals surface area contributed by atoms with E-state index in [1.165, 1.54) is 22.3 Å². The van der Waals surface area contributed by atoms with E-state index in [1.807, 2.05) is 97.1 Å². The van der Waals surface area contributed by atoms with Gasteiger partial charge in [0.25, 0.3) is 0 Å². The minimum absolute atomic E-state index is 0.0394. The van der Waals surface area contributed by atoms with Gasteiger partial charge in [-0.3, -0.25) is 0 Å². The minimum Gasteiger partial charge on any atom is -0.872 e. The van der Waals surface area contributed by atoms with Crippen LogP contribution in [0.5, 0.6) is 5.75 Å². The average molecular weight is 752 g/mol. The van der Waals surface area contributed by atoms with Gasteiger partial charge in [-0.25, -0.2) is 4.79 Å². The fourth-order valence-electron chi connectivity index (χ4n) is 9.28. The molecule has 4 bridgehead atoms. The smallest absolute Gasteiger partial charge is 0.416 e. The number of hydrogen-bond donors (Lipinski definition) is 1. The number of hydrogen-bond acceptors (Lipinski definition) is 6. The molecule has 12 rings (SSSR count). The third-order valence-electron chi connectivity index (χ3n) is 11.5. The van der Waals surface area contributed by atoms with Gasteiger partial charge in [-0.1, -0.05) is 139 Å². The summed E-state index contributed by atoms with van der Waals surface area (Å²) in [4.78, 5) is 34.3. The van der Waals surface area contributed by atoms with Crippen LogP contribution >= 0.6 is 0 Å². The molecule has 1 atom stereocenters. The predicted octanol–water partition coefficient (Wildman–Crippen LogP) is 6.09. The SMILES string of the molecule is O=C(O)c1cc(C(F)(F)F)ccc1[O-].O=C([O-])C12c3ccccc3C(c3ccccc31)c1ccccc12.O=C([O-])C1CC2c3ccccc3C1c1ccccc12. The third-order valence-corrected chi connectivity index (χ3v) is 11.5. The topological polar surface area (TPSA) is 141 Å². The molecule has 56 heavy (non-hydrogen) atoms. The maximum atomic E-state index is 12.5. The van der Waals surface area contributed by atoms with Crippen LogP contribution in [0.15, 0.2) is 140 Å². The highest BCUT2D eigenvalue weighted by atomic mass is 19.4. The molecule has 1 N–H and O–H groups in total. The molecule has 0 saturated carbocycles. The van der Waals surface area contributed by atoms with Crippen LogP contribution in [0.1, 0.15) is 95.7 Å². The van der Waals surface area contributed by atoms with E-state index in [1.54, 1.807) is 0 Å². The van der Waals surface area contributed by atoms with Gasteiger partial charge in [0, 0.05) is 29.6 Å². The first-order chi connectivity index (χ1) is 26.9. The highest BCUT2D eigenvalue weighted by Gasteiger charge is 2.52. The maximum Gasteiger partial charge on any atom is 0.416 e. The second-order valence-electron chi connectivity index (χ2n) is 14.2. The van der Waals surface area contributed by atoms with Gasteiger partial charge in [0.05, 0.1) is 22.5 Å². The van der Waals surface area contributed by atoms with Crippen molar-refractivity contribution < 1.29 is 48.0 Å². The lowest BCUT2D eigenvalue weighted by atomic mass is 9.53. The van der Waals surface area contributed by atoms with Gasteiger partial charge in [-0.15, -0.1) is 0 Å². The van der Waals surface area contributed by atoms with Crippen molar-refractivity contribution in [2.75, 3.05) is 0 Å². The molecule has 10 heteroatoms. The van der Waals surface area contributed by atoms with Crippen LogP contribution in [0.2, 0.25) is 0 Å². The summed E-state index contributed by atoms with van der Waals surface area (Å²) in [6.07, 6.45) is -3.97. The van der Waals surface area contributed by atoms with Crippen LogP contribution in [0.25, 0.3) is 0 Å². The van der Waals surface area contributed by atoms with Gasteiger partial charge in [0.2, 0.25) is 0 Å². The Labute approximate surface area is 319 Å². The number of carboxylic acids is 3. The molecule has 6 aromatic carbocycles. The molecule has 0 saturated heterocycles. The molecule has 0 heterocycles. The van der Waals surface area contributed by atoms with Crippen molar-refractivity contribution in [3.05, 3.63) is 206 Å². The van der Waals surface area contributed by atoms with E-state index in [0.29, 0.717) is 24.6 Å². The molecule has 0 aliphatic heterocycles. The Kier molecular flexibility index (Phi) is 8.79. The highest BCUT2D eigenvalue weighted by Crippen LogP contribution is 2.59. The lowest BCUT2D eigenvalue weighted by molar-refractivity contribution is -0.313. The van der Waals surface area contributed by atoms with E-state index in [9.17, 15) is 42.9 Å². The molecule has 0 amide bonds. The first kappa shape index (κ1) is 36.3. The third kappa shape index (κ3) is 5.54. The predicted molar refractivity (Wildman–Crippen MR) is 193 cm³/mol. The molecule has 7 nitrogen and oxygen atoms in total. The zero-order valence-electron chi connectivity index (χ0n) is 29.3. The fourth-order valence-corrected chi connectivity index (χ4v) is 9.28. The highest BCUT2D eigenvalue weighted by molar-refractivity contribution is 5.95. The molecular formula is C46H30F3O7-3. The number of fused-ring (bicyclic) bond motifs is 1. The number of aromatic carboxylic acids is 1. The number of carbonyl (C=O) groups excluding carboxylic acids is 2. The van der Waals surface area contributed by atoms with Crippen LogP contribution in [0, 0.1) is 5.92 Å². The standard InChI is InChI=1S/C21H14O2.C17H14O2.C8H5F3O3/c22-20(23)21-16-10-4-1-7-13(16)19(14-8-2-5-11-17(14)21)15-9-3-6-12-18(15)21;18-17(19)15-9-14-10-5-1-3-7-12(10)16(15)13-8-4-2-6-11(13)14;9-8(10,11)4-1-2-6(12)5(3-4)7(13)14/h1-12,19H,(H,22,23);1-8,14-16H,9H2,(H,18,19);1-3,12H,(H,13,14)/p-3. The molecule has 0 spiro atoms. The number of carboxylic acid groups (broad SMARTS) is 3. The van der Waals surface area contributed by atoms with Gasteiger partial charge in [0.1, 0.15) is 0 Å². The Morgan fingerprint density at radius 3 is 1.41 bits per heavy atom. The van der Waals surface area contributed by atoms with Crippen molar-refractivity contribution in [3.8, 4) is 5.75 Å². The monoisotopic (exact) mass is 751 g/mol. The number of benzene rings is 6. The summed E-state index contributed by atoms with van der Waals surface area (Å²) < 4.78 is 36.2. The zero-order chi connectivity index (χ0) is 39.5. The minimum atomic E-state index is -4.64. The second kappa shape index (κ2) is 13.6. The van der Waals surface area contributed by atoms with E-state index in [-0.39, 0.29) is 17.8 Å². The normalized spacial score (nSPS) is 21.3. The lowest BCUT2D eigenvalue weighted by Crippen LogP contribution is -2.53. The summed E-state index contributed by atoms with van der Waals surface area (Å²) >= 11 is 0. The largest absolute Gasteiger partial charge is 0.872 e. The maximum absolute atomic E-state index is 12.5. The summed E-state index contributed by atoms with van der Waals surface area (Å²) in [5, 5.41) is 43.1. The number of alkyl halides is 3. The van der Waals surface area contributed by atoms with Crippen molar-refractivity contribution in [1.82, 2.24) is 0 Å². The van der Waals surface area contributed by atoms with E-state index < -0.39 is 52.3 Å². The van der Waals surface area contributed by atoms with E-state index in [4.69, 9.17) is 5.11 Å². The molecular weight excluding hydrogens is 721 g/mol. The molecule has 0 radical (unpaired) electrons. The van der Waals surface area contributed by atoms with E-state index >= 15 is 0 Å². The van der Waals surface area contributed by atoms with Crippen molar-refractivity contribution in [2.45, 2.75) is 35.8 Å². The summed E-state index contributed by atoms with van der Waals surface area (Å²) in [6, 6.07) is 41.5. The van der Waals surface area contributed by atoms with Gasteiger partial charge < -0.3 is 30.0 Å². The van der Waals surface area contributed by atoms with Crippen LogP contribution in [-0.4, -0.2) is 23.0 Å². The first-order valence-electron chi connectivity index (χ1n) is 17.8. The van der Waals surface area contributed by atoms with Gasteiger partial charge in [-0.05, 0) is 68.1 Å². The number of carbonyl (C=O) groups is 3. The molecule has 6 aliphatic rings. The zero-order valence-corrected chi connectivity index (χ0v) is 29.3. The lowest BCUT2D eigenvalue weighted by Gasteiger charge is -2.51. The molecule has 0 aromatic heterocycles. The van der Waals surface area contributed by atoms with E-state index in [2.05, 4.69) is 24.3 Å². The summed E-state index contributed by atoms with van der Waals surface area (Å²) in [6.45, 7) is 0. The molecule has 280 valence electrons. The average Bonchev–Trinajstić information content (AvgIpc) is 3.20. The second-order valence-corrected chi connectivity index (χ2v) is 14.2. The molecule has 6 aromatic rings. The molecule has 0 fully saturated rings. The fraction of sp³-hybridized carbons (Fsp3) is 0.152. The van der Waals surface area contributed by atoms with E-state index in [0.717, 1.165) is 33.4 Å². The first-order valence-corrected chi connectivity index (χ1v) is 17.8. The van der Waals surface area contributed by atoms with Crippen LogP contribution in [-0.2, 0) is 21.2 Å². The summed E-state index contributed by atoms with van der Waals surface area (Å²) in [7, 11) is 0. The van der Waals surface area contributed by atoms with Crippen LogP contribution in [0.3, 0.4) is 0 Å². The van der Waals surface area contributed by atoms with Gasteiger partial charge in [0.15, 0.2) is 0 Å². The van der Waals surface area contributed by atoms with Crippen molar-refractivity contribution in [1.29, 1.82) is 0 Å². The molecule has 6 aliphatic carbocycles.